The third-order valence-corrected chi connectivity index (χ3v) is 4.86. The van der Waals surface area contributed by atoms with Crippen LogP contribution >= 0.6 is 22.6 Å². The Hall–Kier alpha value is -3.92. The van der Waals surface area contributed by atoms with E-state index in [1.165, 1.54) is 13.3 Å². The van der Waals surface area contributed by atoms with E-state index in [0.29, 0.717) is 26.2 Å². The summed E-state index contributed by atoms with van der Waals surface area (Å²) in [5, 5.41) is 22.2. The lowest BCUT2D eigenvalue weighted by Crippen LogP contribution is -2.16. The topological polar surface area (TPSA) is 150 Å². The highest BCUT2D eigenvalue weighted by atomic mass is 127. The lowest BCUT2D eigenvalue weighted by Gasteiger charge is -2.12. The van der Waals surface area contributed by atoms with E-state index in [0.717, 1.165) is 0 Å². The molecule has 3 aromatic rings. The van der Waals surface area contributed by atoms with Gasteiger partial charge in [-0.25, -0.2) is 15.2 Å². The van der Waals surface area contributed by atoms with Crippen LogP contribution in [-0.4, -0.2) is 41.0 Å². The van der Waals surface area contributed by atoms with Gasteiger partial charge in [0.25, 0.3) is 5.56 Å². The number of H-pyrrole nitrogens is 1. The summed E-state index contributed by atoms with van der Waals surface area (Å²) in [6.45, 7) is -0.497. The number of hydrazone groups is 1. The van der Waals surface area contributed by atoms with E-state index in [1.807, 2.05) is 34.7 Å². The molecule has 0 aliphatic heterocycles. The third kappa shape index (κ3) is 5.41. The van der Waals surface area contributed by atoms with Gasteiger partial charge < -0.3 is 14.6 Å². The molecule has 0 fully saturated rings. The van der Waals surface area contributed by atoms with Gasteiger partial charge in [-0.05, 0) is 40.3 Å². The number of hydrogen-bond donors (Lipinski definition) is 3. The van der Waals surface area contributed by atoms with Gasteiger partial charge in [0.05, 0.1) is 22.6 Å². The van der Waals surface area contributed by atoms with E-state index in [1.54, 1.807) is 36.4 Å². The Morgan fingerprint density at radius 3 is 2.78 bits per heavy atom. The number of halogens is 1. The van der Waals surface area contributed by atoms with Crippen molar-refractivity contribution < 1.29 is 19.4 Å². The third-order valence-electron chi connectivity index (χ3n) is 4.05. The van der Waals surface area contributed by atoms with Crippen molar-refractivity contribution in [1.29, 1.82) is 5.26 Å². The number of rotatable bonds is 8. The molecular formula is C21H16IN5O5. The quantitative estimate of drug-likeness (QED) is 0.222. The molecule has 0 aliphatic rings. The standard InChI is InChI=1S/C21H16IN5O5/c1-31-16-8-12(7-15(22)19(16)32-11-17(28)29)10-24-27-21-25-18(13-5-3-2-4-6-13)14(9-23)20(30)26-21/h2-8,10H,11H2,1H3,(H,28,29)(H2,25,26,27,30). The maximum absolute atomic E-state index is 12.3. The van der Waals surface area contributed by atoms with Gasteiger partial charge in [-0.2, -0.15) is 10.4 Å². The van der Waals surface area contributed by atoms with Crippen molar-refractivity contribution in [3.63, 3.8) is 0 Å². The summed E-state index contributed by atoms with van der Waals surface area (Å²) in [4.78, 5) is 29.8. The molecule has 3 N–H and O–H groups in total. The number of anilines is 1. The smallest absolute Gasteiger partial charge is 0.341 e. The van der Waals surface area contributed by atoms with Gasteiger partial charge in [0, 0.05) is 5.56 Å². The first kappa shape index (κ1) is 22.8. The predicted octanol–water partition coefficient (Wildman–Crippen LogP) is 2.83. The molecule has 1 heterocycles. The summed E-state index contributed by atoms with van der Waals surface area (Å²) in [7, 11) is 1.44. The van der Waals surface area contributed by atoms with Gasteiger partial charge in [-0.3, -0.25) is 9.78 Å². The number of carboxylic acids is 1. The Morgan fingerprint density at radius 2 is 2.12 bits per heavy atom. The van der Waals surface area contributed by atoms with Crippen LogP contribution in [0.4, 0.5) is 5.95 Å². The van der Waals surface area contributed by atoms with Crippen LogP contribution in [0, 0.1) is 14.9 Å². The van der Waals surface area contributed by atoms with Crippen molar-refractivity contribution in [2.75, 3.05) is 19.1 Å². The average molecular weight is 545 g/mol. The largest absolute Gasteiger partial charge is 0.493 e. The molecule has 3 rings (SSSR count). The Kier molecular flexibility index (Phi) is 7.40. The molecule has 0 amide bonds. The van der Waals surface area contributed by atoms with Crippen LogP contribution in [0.1, 0.15) is 11.1 Å². The second-order valence-corrected chi connectivity index (χ2v) is 7.36. The zero-order valence-corrected chi connectivity index (χ0v) is 18.8. The summed E-state index contributed by atoms with van der Waals surface area (Å²) >= 11 is 2.00. The van der Waals surface area contributed by atoms with Crippen LogP contribution in [0.3, 0.4) is 0 Å². The second kappa shape index (κ2) is 10.4. The van der Waals surface area contributed by atoms with Crippen molar-refractivity contribution in [3.8, 4) is 28.8 Å². The van der Waals surface area contributed by atoms with Crippen molar-refractivity contribution >= 4 is 40.7 Å². The van der Waals surface area contributed by atoms with Crippen molar-refractivity contribution in [2.45, 2.75) is 0 Å². The number of aliphatic carboxylic acids is 1. The van der Waals surface area contributed by atoms with Gasteiger partial charge in [0.1, 0.15) is 11.6 Å². The number of methoxy groups -OCH3 is 1. The summed E-state index contributed by atoms with van der Waals surface area (Å²) < 4.78 is 11.2. The fourth-order valence-electron chi connectivity index (χ4n) is 2.69. The first-order valence-electron chi connectivity index (χ1n) is 9.04. The molecule has 1 aromatic heterocycles. The van der Waals surface area contributed by atoms with Crippen LogP contribution in [0.5, 0.6) is 11.5 Å². The Labute approximate surface area is 195 Å². The number of nitriles is 1. The van der Waals surface area contributed by atoms with E-state index in [-0.39, 0.29) is 17.2 Å². The number of nitrogens with zero attached hydrogens (tertiary/aromatic N) is 3. The van der Waals surface area contributed by atoms with Crippen molar-refractivity contribution in [2.24, 2.45) is 5.10 Å². The lowest BCUT2D eigenvalue weighted by molar-refractivity contribution is -0.139. The zero-order chi connectivity index (χ0) is 23.1. The normalized spacial score (nSPS) is 10.5. The minimum atomic E-state index is -1.10. The fraction of sp³-hybridized carbons (Fsp3) is 0.0952. The molecule has 32 heavy (non-hydrogen) atoms. The van der Waals surface area contributed by atoms with Crippen molar-refractivity contribution in [3.05, 3.63) is 67.5 Å². The van der Waals surface area contributed by atoms with Crippen molar-refractivity contribution in [1.82, 2.24) is 9.97 Å². The number of hydrogen-bond acceptors (Lipinski definition) is 8. The highest BCUT2D eigenvalue weighted by Gasteiger charge is 2.14. The Morgan fingerprint density at radius 1 is 1.38 bits per heavy atom. The zero-order valence-electron chi connectivity index (χ0n) is 16.6. The van der Waals surface area contributed by atoms with E-state index in [4.69, 9.17) is 14.6 Å². The Balaban J connectivity index is 1.85. The summed E-state index contributed by atoms with van der Waals surface area (Å²) in [6.07, 6.45) is 1.46. The number of ether oxygens (including phenoxy) is 2. The molecule has 0 spiro atoms. The molecule has 0 saturated heterocycles. The highest BCUT2D eigenvalue weighted by molar-refractivity contribution is 14.1. The van der Waals surface area contributed by atoms with E-state index in [9.17, 15) is 14.9 Å². The number of carbonyl (C=O) groups is 1. The molecule has 0 saturated carbocycles. The monoisotopic (exact) mass is 545 g/mol. The van der Waals surface area contributed by atoms with Crippen LogP contribution in [-0.2, 0) is 4.79 Å². The number of aromatic amines is 1. The van der Waals surface area contributed by atoms with Crippen LogP contribution < -0.4 is 20.5 Å². The minimum absolute atomic E-state index is 0.0622. The van der Waals surface area contributed by atoms with E-state index >= 15 is 0 Å². The maximum Gasteiger partial charge on any atom is 0.341 e. The SMILES string of the molecule is COc1cc(C=NNc2nc(-c3ccccc3)c(C#N)c(=O)[nH]2)cc(I)c1OCC(=O)O. The first-order valence-corrected chi connectivity index (χ1v) is 10.1. The summed E-state index contributed by atoms with van der Waals surface area (Å²) in [5.74, 6) is -0.384. The van der Waals surface area contributed by atoms with Gasteiger partial charge in [0.2, 0.25) is 5.95 Å². The average Bonchev–Trinajstić information content (AvgIpc) is 2.78. The maximum atomic E-state index is 12.3. The molecule has 10 nitrogen and oxygen atoms in total. The molecule has 0 radical (unpaired) electrons. The molecule has 162 valence electrons. The summed E-state index contributed by atoms with van der Waals surface area (Å²) in [6, 6.07) is 14.1. The lowest BCUT2D eigenvalue weighted by atomic mass is 10.1. The van der Waals surface area contributed by atoms with Gasteiger partial charge in [0.15, 0.2) is 18.1 Å². The van der Waals surface area contributed by atoms with Gasteiger partial charge in [-0.1, -0.05) is 30.3 Å². The minimum Gasteiger partial charge on any atom is -0.493 e. The van der Waals surface area contributed by atoms with Crippen LogP contribution in [0.15, 0.2) is 52.4 Å². The molecule has 0 unspecified atom stereocenters. The fourth-order valence-corrected chi connectivity index (χ4v) is 3.47. The number of carboxylic acid groups (broad SMARTS) is 1. The predicted molar refractivity (Wildman–Crippen MR) is 125 cm³/mol. The van der Waals surface area contributed by atoms with Crippen LogP contribution in [0.25, 0.3) is 11.3 Å². The van der Waals surface area contributed by atoms with Gasteiger partial charge in [-0.15, -0.1) is 0 Å². The van der Waals surface area contributed by atoms with E-state index < -0.39 is 18.1 Å². The molecule has 2 aromatic carbocycles. The first-order chi connectivity index (χ1) is 15.4. The molecule has 0 bridgehead atoms. The molecule has 0 aliphatic carbocycles. The second-order valence-electron chi connectivity index (χ2n) is 6.20. The number of aromatic nitrogens is 2. The number of benzene rings is 2. The summed E-state index contributed by atoms with van der Waals surface area (Å²) in [5.41, 5.74) is 3.46. The van der Waals surface area contributed by atoms with Crippen LogP contribution in [0.2, 0.25) is 0 Å². The Bertz CT molecular complexity index is 1270. The van der Waals surface area contributed by atoms with E-state index in [2.05, 4.69) is 20.5 Å². The number of nitrogens with one attached hydrogen (secondary N) is 2. The molecular weight excluding hydrogens is 529 g/mol. The highest BCUT2D eigenvalue weighted by Crippen LogP contribution is 2.33. The van der Waals surface area contributed by atoms with Gasteiger partial charge >= 0.3 is 5.97 Å². The molecule has 0 atom stereocenters. The molecule has 11 heteroatoms.